The van der Waals surface area contributed by atoms with Crippen LogP contribution in [-0.2, 0) is 4.74 Å². The van der Waals surface area contributed by atoms with E-state index in [1.807, 2.05) is 6.20 Å². The monoisotopic (exact) mass is 467 g/mol. The van der Waals surface area contributed by atoms with Gasteiger partial charge in [0.1, 0.15) is 17.7 Å². The van der Waals surface area contributed by atoms with Gasteiger partial charge in [0.25, 0.3) is 0 Å². The molecule has 2 aliphatic rings. The zero-order valence-electron chi connectivity index (χ0n) is 16.1. The van der Waals surface area contributed by atoms with E-state index in [1.54, 1.807) is 0 Å². The highest BCUT2D eigenvalue weighted by atomic mass is 79.9. The highest BCUT2D eigenvalue weighted by molar-refractivity contribution is 9.10. The third kappa shape index (κ3) is 4.98. The molecule has 2 aliphatic heterocycles. The summed E-state index contributed by atoms with van der Waals surface area (Å²) in [5.74, 6) is -0.246. The maximum Gasteiger partial charge on any atom is 0.167 e. The van der Waals surface area contributed by atoms with Crippen molar-refractivity contribution >= 4 is 27.4 Å². The van der Waals surface area contributed by atoms with Crippen molar-refractivity contribution in [2.24, 2.45) is 0 Å². The van der Waals surface area contributed by atoms with E-state index in [0.29, 0.717) is 0 Å². The highest BCUT2D eigenvalue weighted by Crippen LogP contribution is 2.31. The average molecular weight is 468 g/mol. The number of aromatic nitrogens is 1. The molecule has 2 saturated heterocycles. The molecule has 0 atom stereocenters. The smallest absolute Gasteiger partial charge is 0.167 e. The molecule has 5 nitrogen and oxygen atoms in total. The zero-order valence-corrected chi connectivity index (χ0v) is 17.7. The molecule has 1 aromatic carbocycles. The van der Waals surface area contributed by atoms with Gasteiger partial charge in [0.2, 0.25) is 0 Å². The molecule has 3 heterocycles. The maximum absolute atomic E-state index is 13.8. The van der Waals surface area contributed by atoms with E-state index in [1.165, 1.54) is 12.1 Å². The lowest BCUT2D eigenvalue weighted by Gasteiger charge is -2.34. The van der Waals surface area contributed by atoms with Crippen LogP contribution in [0.4, 0.5) is 20.3 Å². The predicted molar refractivity (Wildman–Crippen MR) is 112 cm³/mol. The van der Waals surface area contributed by atoms with Crippen molar-refractivity contribution in [1.82, 2.24) is 4.98 Å². The van der Waals surface area contributed by atoms with Crippen LogP contribution >= 0.6 is 15.9 Å². The summed E-state index contributed by atoms with van der Waals surface area (Å²) >= 11 is 3.68. The molecule has 8 heteroatoms. The number of hydrogen-bond acceptors (Lipinski definition) is 5. The summed E-state index contributed by atoms with van der Waals surface area (Å²) in [5, 5.41) is 0. The normalized spacial score (nSPS) is 18.6. The van der Waals surface area contributed by atoms with Crippen LogP contribution in [0, 0.1) is 11.6 Å². The Morgan fingerprint density at radius 3 is 2.62 bits per heavy atom. The minimum Gasteiger partial charge on any atom is -0.487 e. The summed E-state index contributed by atoms with van der Waals surface area (Å²) in [7, 11) is 0. The Morgan fingerprint density at radius 2 is 1.86 bits per heavy atom. The highest BCUT2D eigenvalue weighted by Gasteiger charge is 2.24. The number of hydrogen-bond donors (Lipinski definition) is 0. The van der Waals surface area contributed by atoms with Gasteiger partial charge in [-0.1, -0.05) is 0 Å². The number of ether oxygens (including phenoxy) is 2. The molecule has 156 valence electrons. The van der Waals surface area contributed by atoms with Gasteiger partial charge in [0.15, 0.2) is 11.6 Å². The Bertz CT molecular complexity index is 839. The van der Waals surface area contributed by atoms with E-state index in [2.05, 4.69) is 31.8 Å². The van der Waals surface area contributed by atoms with E-state index in [4.69, 9.17) is 14.5 Å². The van der Waals surface area contributed by atoms with Crippen molar-refractivity contribution in [2.75, 3.05) is 49.2 Å². The van der Waals surface area contributed by atoms with Gasteiger partial charge in [0.05, 0.1) is 23.0 Å². The molecule has 0 aliphatic carbocycles. The number of nitrogens with zero attached hydrogens (tertiary/aromatic N) is 3. The Kier molecular flexibility index (Phi) is 6.50. The van der Waals surface area contributed by atoms with Gasteiger partial charge in [-0.25, -0.2) is 13.8 Å². The first-order valence-electron chi connectivity index (χ1n) is 9.95. The molecule has 4 rings (SSSR count). The standard InChI is InChI=1S/C21H24BrF2N3O2/c22-18-13-16(26-6-1-10-28-11-9-26)14-25-21(18)27-7-4-17(5-8-27)29-20-3-2-15(23)12-19(20)24/h2-3,12-14,17H,1,4-11H2. The first kappa shape index (κ1) is 20.3. The van der Waals surface area contributed by atoms with E-state index in [-0.39, 0.29) is 11.9 Å². The van der Waals surface area contributed by atoms with Crippen LogP contribution in [0.2, 0.25) is 0 Å². The molecule has 1 aromatic heterocycles. The first-order chi connectivity index (χ1) is 14.1. The third-order valence-electron chi connectivity index (χ3n) is 5.32. The number of rotatable bonds is 4. The molecular weight excluding hydrogens is 444 g/mol. The maximum atomic E-state index is 13.8. The minimum atomic E-state index is -0.661. The van der Waals surface area contributed by atoms with Crippen molar-refractivity contribution in [2.45, 2.75) is 25.4 Å². The number of anilines is 2. The van der Waals surface area contributed by atoms with Gasteiger partial charge < -0.3 is 19.3 Å². The summed E-state index contributed by atoms with van der Waals surface area (Å²) in [4.78, 5) is 9.20. The second-order valence-corrected chi connectivity index (χ2v) is 8.19. The molecule has 0 N–H and O–H groups in total. The lowest BCUT2D eigenvalue weighted by atomic mass is 10.1. The summed E-state index contributed by atoms with van der Waals surface area (Å²) in [6, 6.07) is 5.53. The molecule has 0 amide bonds. The topological polar surface area (TPSA) is 37.8 Å². The van der Waals surface area contributed by atoms with E-state index in [0.717, 1.165) is 80.7 Å². The number of halogens is 3. The van der Waals surface area contributed by atoms with Crippen LogP contribution in [0.25, 0.3) is 0 Å². The van der Waals surface area contributed by atoms with E-state index in [9.17, 15) is 8.78 Å². The number of piperidine rings is 1. The molecular formula is C21H24BrF2N3O2. The van der Waals surface area contributed by atoms with E-state index < -0.39 is 11.6 Å². The fraction of sp³-hybridized carbons (Fsp3) is 0.476. The van der Waals surface area contributed by atoms with Crippen LogP contribution in [0.3, 0.4) is 0 Å². The Hall–Kier alpha value is -1.93. The van der Waals surface area contributed by atoms with Crippen LogP contribution in [-0.4, -0.2) is 50.5 Å². The quantitative estimate of drug-likeness (QED) is 0.666. The number of pyridine rings is 1. The Morgan fingerprint density at radius 1 is 1.03 bits per heavy atom. The van der Waals surface area contributed by atoms with Crippen LogP contribution in [0.15, 0.2) is 34.9 Å². The Balaban J connectivity index is 1.36. The molecule has 0 radical (unpaired) electrons. The van der Waals surface area contributed by atoms with E-state index >= 15 is 0 Å². The molecule has 2 aromatic rings. The molecule has 0 unspecified atom stereocenters. The molecule has 0 saturated carbocycles. The third-order valence-corrected chi connectivity index (χ3v) is 5.91. The lowest BCUT2D eigenvalue weighted by Crippen LogP contribution is -2.39. The SMILES string of the molecule is Fc1ccc(OC2CCN(c3ncc(N4CCCOCC4)cc3Br)CC2)c(F)c1. The Labute approximate surface area is 177 Å². The fourth-order valence-corrected chi connectivity index (χ4v) is 4.35. The van der Waals surface area contributed by atoms with Gasteiger partial charge in [-0.15, -0.1) is 0 Å². The first-order valence-corrected chi connectivity index (χ1v) is 10.7. The lowest BCUT2D eigenvalue weighted by molar-refractivity contribution is 0.152. The summed E-state index contributed by atoms with van der Waals surface area (Å²) in [6.45, 7) is 4.90. The van der Waals surface area contributed by atoms with Crippen LogP contribution in [0.5, 0.6) is 5.75 Å². The van der Waals surface area contributed by atoms with Gasteiger partial charge in [-0.2, -0.15) is 0 Å². The summed E-state index contributed by atoms with van der Waals surface area (Å²) in [6.07, 6.45) is 4.33. The van der Waals surface area contributed by atoms with Gasteiger partial charge in [0, 0.05) is 51.7 Å². The van der Waals surface area contributed by atoms with Crippen LogP contribution in [0.1, 0.15) is 19.3 Å². The van der Waals surface area contributed by atoms with Gasteiger partial charge >= 0.3 is 0 Å². The van der Waals surface area contributed by atoms with Crippen LogP contribution < -0.4 is 14.5 Å². The zero-order chi connectivity index (χ0) is 20.2. The molecule has 0 spiro atoms. The molecule has 2 fully saturated rings. The van der Waals surface area contributed by atoms with Crippen molar-refractivity contribution in [3.05, 3.63) is 46.6 Å². The molecule has 0 bridgehead atoms. The summed E-state index contributed by atoms with van der Waals surface area (Å²) < 4.78 is 39.1. The number of benzene rings is 1. The second kappa shape index (κ2) is 9.26. The predicted octanol–water partition coefficient (Wildman–Crippen LogP) is 4.40. The summed E-state index contributed by atoms with van der Waals surface area (Å²) in [5.41, 5.74) is 1.09. The van der Waals surface area contributed by atoms with Crippen molar-refractivity contribution < 1.29 is 18.3 Å². The average Bonchev–Trinajstić information content (AvgIpc) is 3.00. The van der Waals surface area contributed by atoms with Crippen molar-refractivity contribution in [3.8, 4) is 5.75 Å². The van der Waals surface area contributed by atoms with Crippen molar-refractivity contribution in [1.29, 1.82) is 0 Å². The molecule has 29 heavy (non-hydrogen) atoms. The fourth-order valence-electron chi connectivity index (χ4n) is 3.77. The van der Waals surface area contributed by atoms with Gasteiger partial charge in [-0.05, 0) is 40.5 Å². The second-order valence-electron chi connectivity index (χ2n) is 7.33. The minimum absolute atomic E-state index is 0.0960. The largest absolute Gasteiger partial charge is 0.487 e. The van der Waals surface area contributed by atoms with Crippen molar-refractivity contribution in [3.63, 3.8) is 0 Å². The van der Waals surface area contributed by atoms with Gasteiger partial charge in [-0.3, -0.25) is 0 Å².